The van der Waals surface area contributed by atoms with Crippen LogP contribution in [0.3, 0.4) is 0 Å². The van der Waals surface area contributed by atoms with Gasteiger partial charge in [0.25, 0.3) is 5.56 Å². The maximum Gasteiger partial charge on any atom is 0.264 e. The summed E-state index contributed by atoms with van der Waals surface area (Å²) in [6.07, 6.45) is 3.21. The first-order chi connectivity index (χ1) is 12.3. The number of aryl methyl sites for hydroxylation is 2. The topological polar surface area (TPSA) is 81.8 Å². The molecule has 0 aliphatic heterocycles. The van der Waals surface area contributed by atoms with E-state index in [0.717, 1.165) is 11.3 Å². The Morgan fingerprint density at radius 1 is 1.23 bits per heavy atom. The highest BCUT2D eigenvalue weighted by molar-refractivity contribution is 5.91. The average molecular weight is 353 g/mol. The predicted molar refractivity (Wildman–Crippen MR) is 101 cm³/mol. The molecule has 2 heterocycles. The van der Waals surface area contributed by atoms with Crippen molar-refractivity contribution >= 4 is 22.6 Å². The van der Waals surface area contributed by atoms with Gasteiger partial charge in [0.15, 0.2) is 5.65 Å². The molecule has 0 radical (unpaired) electrons. The zero-order chi connectivity index (χ0) is 18.9. The molecule has 0 fully saturated rings. The largest absolute Gasteiger partial charge is 0.326 e. The number of carbonyl (C=O) groups excluding carboxylic acids is 1. The number of hydrogen-bond acceptors (Lipinski definition) is 4. The summed E-state index contributed by atoms with van der Waals surface area (Å²) in [6.45, 7) is 8.21. The van der Waals surface area contributed by atoms with Crippen molar-refractivity contribution in [2.75, 3.05) is 5.32 Å². The molecule has 7 heteroatoms. The van der Waals surface area contributed by atoms with Gasteiger partial charge in [0.05, 0.1) is 18.1 Å². The minimum atomic E-state index is -0.263. The van der Waals surface area contributed by atoms with Gasteiger partial charge in [0, 0.05) is 18.7 Å². The molecule has 136 valence electrons. The molecule has 0 aliphatic rings. The number of fused-ring (bicyclic) bond motifs is 1. The van der Waals surface area contributed by atoms with E-state index in [-0.39, 0.29) is 30.0 Å². The Hall–Kier alpha value is -2.96. The first-order valence-electron chi connectivity index (χ1n) is 8.56. The average Bonchev–Trinajstić information content (AvgIpc) is 3.01. The highest BCUT2D eigenvalue weighted by Gasteiger charge is 2.19. The van der Waals surface area contributed by atoms with Gasteiger partial charge in [-0.3, -0.25) is 14.2 Å². The smallest absolute Gasteiger partial charge is 0.264 e. The number of benzene rings is 1. The third-order valence-electron chi connectivity index (χ3n) is 4.19. The minimum Gasteiger partial charge on any atom is -0.326 e. The molecule has 0 spiro atoms. The lowest BCUT2D eigenvalue weighted by molar-refractivity contribution is -0.116. The van der Waals surface area contributed by atoms with E-state index in [2.05, 4.69) is 15.4 Å². The van der Waals surface area contributed by atoms with Crippen molar-refractivity contribution in [3.8, 4) is 0 Å². The predicted octanol–water partition coefficient (Wildman–Crippen LogP) is 2.69. The third-order valence-corrected chi connectivity index (χ3v) is 4.19. The van der Waals surface area contributed by atoms with Crippen LogP contribution in [0.1, 0.15) is 32.8 Å². The Kier molecular flexibility index (Phi) is 4.63. The second-order valence-electron chi connectivity index (χ2n) is 7.32. The maximum atomic E-state index is 12.6. The molecule has 0 unspecified atom stereocenters. The van der Waals surface area contributed by atoms with Gasteiger partial charge in [-0.1, -0.05) is 18.2 Å². The molecule has 0 saturated heterocycles. The number of amides is 1. The van der Waals surface area contributed by atoms with Crippen LogP contribution in [-0.2, 0) is 16.9 Å². The van der Waals surface area contributed by atoms with E-state index in [1.54, 1.807) is 10.9 Å². The van der Waals surface area contributed by atoms with E-state index in [1.165, 1.54) is 10.9 Å². The summed E-state index contributed by atoms with van der Waals surface area (Å²) < 4.78 is 3.19. The normalized spacial score (nSPS) is 11.7. The van der Waals surface area contributed by atoms with Crippen LogP contribution in [0.5, 0.6) is 0 Å². The van der Waals surface area contributed by atoms with Gasteiger partial charge in [0.2, 0.25) is 5.91 Å². The van der Waals surface area contributed by atoms with E-state index >= 15 is 0 Å². The molecule has 1 aromatic carbocycles. The summed E-state index contributed by atoms with van der Waals surface area (Å²) >= 11 is 0. The lowest BCUT2D eigenvalue weighted by Crippen LogP contribution is -2.26. The molecule has 7 nitrogen and oxygen atoms in total. The number of para-hydroxylation sites is 1. The minimum absolute atomic E-state index is 0.142. The molecule has 26 heavy (non-hydrogen) atoms. The van der Waals surface area contributed by atoms with Crippen LogP contribution >= 0.6 is 0 Å². The fourth-order valence-electron chi connectivity index (χ4n) is 2.75. The SMILES string of the molecule is Cc1ccccc1NC(=O)CCn1cnc2c(cnn2C(C)(C)C)c1=O. The Morgan fingerprint density at radius 3 is 2.65 bits per heavy atom. The Bertz CT molecular complexity index is 1010. The molecule has 0 aliphatic carbocycles. The number of carbonyl (C=O) groups is 1. The fourth-order valence-corrected chi connectivity index (χ4v) is 2.75. The molecule has 1 amide bonds. The number of nitrogens with zero attached hydrogens (tertiary/aromatic N) is 4. The first-order valence-corrected chi connectivity index (χ1v) is 8.56. The van der Waals surface area contributed by atoms with Gasteiger partial charge in [-0.15, -0.1) is 0 Å². The monoisotopic (exact) mass is 353 g/mol. The van der Waals surface area contributed by atoms with Crippen LogP contribution < -0.4 is 10.9 Å². The third kappa shape index (κ3) is 3.51. The lowest BCUT2D eigenvalue weighted by Gasteiger charge is -2.19. The van der Waals surface area contributed by atoms with Crippen molar-refractivity contribution in [2.24, 2.45) is 0 Å². The van der Waals surface area contributed by atoms with Crippen LogP contribution in [0.25, 0.3) is 11.0 Å². The zero-order valence-electron chi connectivity index (χ0n) is 15.5. The van der Waals surface area contributed by atoms with E-state index in [9.17, 15) is 9.59 Å². The highest BCUT2D eigenvalue weighted by atomic mass is 16.2. The van der Waals surface area contributed by atoms with Crippen molar-refractivity contribution in [1.29, 1.82) is 0 Å². The van der Waals surface area contributed by atoms with Crippen LogP contribution in [0.2, 0.25) is 0 Å². The second-order valence-corrected chi connectivity index (χ2v) is 7.32. The highest BCUT2D eigenvalue weighted by Crippen LogP contribution is 2.18. The number of hydrogen-bond donors (Lipinski definition) is 1. The number of anilines is 1. The van der Waals surface area contributed by atoms with Gasteiger partial charge in [-0.05, 0) is 39.3 Å². The fraction of sp³-hybridized carbons (Fsp3) is 0.368. The maximum absolute atomic E-state index is 12.6. The standard InChI is InChI=1S/C19H23N5O2/c1-13-7-5-6-8-15(13)22-16(25)9-10-23-12-20-17-14(18(23)26)11-21-24(17)19(2,3)4/h5-8,11-12H,9-10H2,1-4H3,(H,22,25). The summed E-state index contributed by atoms with van der Waals surface area (Å²) in [5, 5.41) is 7.62. The van der Waals surface area contributed by atoms with Crippen molar-refractivity contribution in [3.63, 3.8) is 0 Å². The van der Waals surface area contributed by atoms with Crippen LogP contribution in [0, 0.1) is 6.92 Å². The molecule has 0 atom stereocenters. The Balaban J connectivity index is 1.75. The zero-order valence-corrected chi connectivity index (χ0v) is 15.5. The van der Waals surface area contributed by atoms with Gasteiger partial charge in [-0.2, -0.15) is 5.10 Å². The quantitative estimate of drug-likeness (QED) is 0.782. The van der Waals surface area contributed by atoms with E-state index < -0.39 is 0 Å². The van der Waals surface area contributed by atoms with Crippen LogP contribution in [-0.4, -0.2) is 25.2 Å². The Morgan fingerprint density at radius 2 is 1.96 bits per heavy atom. The number of aromatic nitrogens is 4. The van der Waals surface area contributed by atoms with Crippen LogP contribution in [0.4, 0.5) is 5.69 Å². The van der Waals surface area contributed by atoms with Gasteiger partial charge in [-0.25, -0.2) is 9.67 Å². The van der Waals surface area contributed by atoms with E-state index in [4.69, 9.17) is 0 Å². The van der Waals surface area contributed by atoms with Gasteiger partial charge in [0.1, 0.15) is 5.39 Å². The number of nitrogens with one attached hydrogen (secondary N) is 1. The van der Waals surface area contributed by atoms with Gasteiger partial charge >= 0.3 is 0 Å². The molecule has 3 rings (SSSR count). The molecule has 0 bridgehead atoms. The first kappa shape index (κ1) is 17.8. The summed E-state index contributed by atoms with van der Waals surface area (Å²) in [4.78, 5) is 29.2. The molecule has 3 aromatic rings. The molecule has 1 N–H and O–H groups in total. The second kappa shape index (κ2) is 6.74. The van der Waals surface area contributed by atoms with Crippen molar-refractivity contribution < 1.29 is 4.79 Å². The van der Waals surface area contributed by atoms with Crippen molar-refractivity contribution in [2.45, 2.75) is 46.2 Å². The summed E-state index contributed by atoms with van der Waals surface area (Å²) in [7, 11) is 0. The van der Waals surface area contributed by atoms with Crippen LogP contribution in [0.15, 0.2) is 41.6 Å². The van der Waals surface area contributed by atoms with Gasteiger partial charge < -0.3 is 5.32 Å². The van der Waals surface area contributed by atoms with E-state index in [0.29, 0.717) is 11.0 Å². The summed E-state index contributed by atoms with van der Waals surface area (Å²) in [6, 6.07) is 7.58. The molecule has 2 aromatic heterocycles. The lowest BCUT2D eigenvalue weighted by atomic mass is 10.1. The number of rotatable bonds is 4. The Labute approximate surface area is 151 Å². The molecular weight excluding hydrogens is 330 g/mol. The van der Waals surface area contributed by atoms with E-state index in [1.807, 2.05) is 52.0 Å². The molecular formula is C19H23N5O2. The van der Waals surface area contributed by atoms with Crippen molar-refractivity contribution in [3.05, 3.63) is 52.7 Å². The summed E-state index contributed by atoms with van der Waals surface area (Å²) in [5.74, 6) is -0.142. The van der Waals surface area contributed by atoms with Crippen molar-refractivity contribution in [1.82, 2.24) is 19.3 Å². The molecule has 0 saturated carbocycles. The summed E-state index contributed by atoms with van der Waals surface area (Å²) in [5.41, 5.74) is 1.89.